The molecule has 0 aliphatic carbocycles. The molecular formula is C11H6ClF2N3O. The Bertz CT molecular complexity index is 592. The van der Waals surface area contributed by atoms with Crippen molar-refractivity contribution in [2.45, 2.75) is 0 Å². The van der Waals surface area contributed by atoms with Crippen LogP contribution in [0.15, 0.2) is 30.7 Å². The van der Waals surface area contributed by atoms with Crippen molar-refractivity contribution in [3.63, 3.8) is 0 Å². The van der Waals surface area contributed by atoms with Crippen LogP contribution < -0.4 is 5.32 Å². The van der Waals surface area contributed by atoms with Gasteiger partial charge in [0.2, 0.25) is 0 Å². The summed E-state index contributed by atoms with van der Waals surface area (Å²) in [5, 5.41) is 1.90. The molecule has 0 radical (unpaired) electrons. The molecule has 4 nitrogen and oxygen atoms in total. The molecule has 1 aromatic carbocycles. The molecule has 0 bridgehead atoms. The van der Waals surface area contributed by atoms with Gasteiger partial charge in [0.15, 0.2) is 5.82 Å². The number of amides is 1. The molecule has 0 spiro atoms. The fourth-order valence-electron chi connectivity index (χ4n) is 1.24. The SMILES string of the molecule is O=C(Nc1cnccn1)c1cc(F)c(Cl)cc1F. The van der Waals surface area contributed by atoms with Crippen LogP contribution in [0.3, 0.4) is 0 Å². The number of carbonyl (C=O) groups is 1. The number of anilines is 1. The Balaban J connectivity index is 2.27. The Labute approximate surface area is 106 Å². The van der Waals surface area contributed by atoms with E-state index in [0.717, 1.165) is 12.1 Å². The number of nitrogens with one attached hydrogen (secondary N) is 1. The summed E-state index contributed by atoms with van der Waals surface area (Å²) < 4.78 is 26.6. The van der Waals surface area contributed by atoms with E-state index in [0.29, 0.717) is 0 Å². The van der Waals surface area contributed by atoms with Gasteiger partial charge in [-0.1, -0.05) is 11.6 Å². The minimum absolute atomic E-state index is 0.136. The number of hydrogen-bond donors (Lipinski definition) is 1. The number of hydrogen-bond acceptors (Lipinski definition) is 3. The van der Waals surface area contributed by atoms with Gasteiger partial charge in [0.25, 0.3) is 5.91 Å². The van der Waals surface area contributed by atoms with Crippen molar-refractivity contribution in [2.75, 3.05) is 5.32 Å². The Kier molecular flexibility index (Phi) is 3.47. The molecule has 0 saturated heterocycles. The van der Waals surface area contributed by atoms with Crippen molar-refractivity contribution in [1.29, 1.82) is 0 Å². The summed E-state index contributed by atoms with van der Waals surface area (Å²) in [5.41, 5.74) is -0.456. The lowest BCUT2D eigenvalue weighted by molar-refractivity contribution is 0.102. The lowest BCUT2D eigenvalue weighted by atomic mass is 10.2. The third-order valence-corrected chi connectivity index (χ3v) is 2.35. The second-order valence-corrected chi connectivity index (χ2v) is 3.70. The normalized spacial score (nSPS) is 10.2. The Morgan fingerprint density at radius 2 is 2.00 bits per heavy atom. The Morgan fingerprint density at radius 3 is 2.67 bits per heavy atom. The van der Waals surface area contributed by atoms with E-state index in [4.69, 9.17) is 11.6 Å². The standard InChI is InChI=1S/C11H6ClF2N3O/c12-7-4-8(13)6(3-9(7)14)11(18)17-10-5-15-1-2-16-10/h1-5H,(H,16,17,18). The summed E-state index contributed by atoms with van der Waals surface area (Å²) >= 11 is 5.38. The Hall–Kier alpha value is -2.08. The number of benzene rings is 1. The number of halogens is 3. The van der Waals surface area contributed by atoms with Crippen LogP contribution >= 0.6 is 11.6 Å². The maximum Gasteiger partial charge on any atom is 0.259 e. The first-order valence-corrected chi connectivity index (χ1v) is 5.17. The third kappa shape index (κ3) is 2.60. The van der Waals surface area contributed by atoms with Crippen molar-refractivity contribution >= 4 is 23.3 Å². The quantitative estimate of drug-likeness (QED) is 0.853. The monoisotopic (exact) mass is 269 g/mol. The fourth-order valence-corrected chi connectivity index (χ4v) is 1.39. The molecule has 0 aliphatic heterocycles. The molecule has 1 amide bonds. The molecule has 1 N–H and O–H groups in total. The van der Waals surface area contributed by atoms with Crippen molar-refractivity contribution in [3.8, 4) is 0 Å². The van der Waals surface area contributed by atoms with Gasteiger partial charge in [-0.2, -0.15) is 0 Å². The lowest BCUT2D eigenvalue weighted by Gasteiger charge is -2.05. The summed E-state index contributed by atoms with van der Waals surface area (Å²) in [6.07, 6.45) is 4.05. The van der Waals surface area contributed by atoms with Crippen LogP contribution in [0.1, 0.15) is 10.4 Å². The van der Waals surface area contributed by atoms with Crippen LogP contribution in [-0.2, 0) is 0 Å². The van der Waals surface area contributed by atoms with Crippen LogP contribution in [0.25, 0.3) is 0 Å². The summed E-state index contributed by atoms with van der Waals surface area (Å²) in [4.78, 5) is 19.2. The zero-order valence-corrected chi connectivity index (χ0v) is 9.58. The first kappa shape index (κ1) is 12.4. The number of aromatic nitrogens is 2. The van der Waals surface area contributed by atoms with Gasteiger partial charge >= 0.3 is 0 Å². The maximum atomic E-state index is 13.4. The van der Waals surface area contributed by atoms with Gasteiger partial charge in [-0.05, 0) is 12.1 Å². The van der Waals surface area contributed by atoms with E-state index >= 15 is 0 Å². The lowest BCUT2D eigenvalue weighted by Crippen LogP contribution is -2.15. The second-order valence-electron chi connectivity index (χ2n) is 3.29. The molecule has 1 heterocycles. The molecule has 0 atom stereocenters. The molecular weight excluding hydrogens is 264 g/mol. The zero-order valence-electron chi connectivity index (χ0n) is 8.82. The zero-order chi connectivity index (χ0) is 13.1. The molecule has 0 saturated carbocycles. The molecule has 2 rings (SSSR count). The number of rotatable bonds is 2. The summed E-state index contributed by atoms with van der Waals surface area (Å²) in [6.45, 7) is 0. The van der Waals surface area contributed by atoms with Crippen LogP contribution in [0.4, 0.5) is 14.6 Å². The summed E-state index contributed by atoms with van der Waals surface area (Å²) in [5.74, 6) is -2.48. The highest BCUT2D eigenvalue weighted by Gasteiger charge is 2.15. The predicted molar refractivity (Wildman–Crippen MR) is 61.4 cm³/mol. The van der Waals surface area contributed by atoms with Crippen molar-refractivity contribution in [3.05, 3.63) is 52.9 Å². The smallest absolute Gasteiger partial charge is 0.259 e. The van der Waals surface area contributed by atoms with E-state index in [1.807, 2.05) is 0 Å². The van der Waals surface area contributed by atoms with E-state index < -0.39 is 23.1 Å². The molecule has 0 unspecified atom stereocenters. The van der Waals surface area contributed by atoms with Crippen molar-refractivity contribution < 1.29 is 13.6 Å². The average molecular weight is 270 g/mol. The molecule has 2 aromatic rings. The van der Waals surface area contributed by atoms with Gasteiger partial charge in [0.05, 0.1) is 16.8 Å². The van der Waals surface area contributed by atoms with Crippen LogP contribution in [0.5, 0.6) is 0 Å². The molecule has 1 aromatic heterocycles. The van der Waals surface area contributed by atoms with Gasteiger partial charge in [-0.25, -0.2) is 13.8 Å². The average Bonchev–Trinajstić information content (AvgIpc) is 2.35. The first-order chi connectivity index (χ1) is 8.58. The second kappa shape index (κ2) is 5.05. The van der Waals surface area contributed by atoms with E-state index in [9.17, 15) is 13.6 Å². The van der Waals surface area contributed by atoms with Gasteiger partial charge < -0.3 is 5.32 Å². The maximum absolute atomic E-state index is 13.4. The van der Waals surface area contributed by atoms with Gasteiger partial charge in [0.1, 0.15) is 11.6 Å². The van der Waals surface area contributed by atoms with Crippen molar-refractivity contribution in [1.82, 2.24) is 9.97 Å². The minimum atomic E-state index is -0.914. The van der Waals surface area contributed by atoms with E-state index in [1.165, 1.54) is 18.6 Å². The van der Waals surface area contributed by atoms with E-state index in [1.54, 1.807) is 0 Å². The van der Waals surface area contributed by atoms with Crippen LogP contribution in [0, 0.1) is 11.6 Å². The highest BCUT2D eigenvalue weighted by Crippen LogP contribution is 2.19. The van der Waals surface area contributed by atoms with E-state index in [2.05, 4.69) is 15.3 Å². The molecule has 18 heavy (non-hydrogen) atoms. The predicted octanol–water partition coefficient (Wildman–Crippen LogP) is 2.66. The fraction of sp³-hybridized carbons (Fsp3) is 0. The topological polar surface area (TPSA) is 54.9 Å². The highest BCUT2D eigenvalue weighted by atomic mass is 35.5. The van der Waals surface area contributed by atoms with Crippen molar-refractivity contribution in [2.24, 2.45) is 0 Å². The third-order valence-electron chi connectivity index (χ3n) is 2.06. The number of nitrogens with zero attached hydrogens (tertiary/aromatic N) is 2. The largest absolute Gasteiger partial charge is 0.305 e. The van der Waals surface area contributed by atoms with E-state index in [-0.39, 0.29) is 10.8 Å². The Morgan fingerprint density at radius 1 is 1.22 bits per heavy atom. The highest BCUT2D eigenvalue weighted by molar-refractivity contribution is 6.30. The van der Waals surface area contributed by atoms with Gasteiger partial charge in [-0.15, -0.1) is 0 Å². The molecule has 0 aliphatic rings. The minimum Gasteiger partial charge on any atom is -0.305 e. The molecule has 0 fully saturated rings. The van der Waals surface area contributed by atoms with Crippen LogP contribution in [-0.4, -0.2) is 15.9 Å². The summed E-state index contributed by atoms with van der Waals surface area (Å²) in [6, 6.07) is 1.46. The number of carbonyl (C=O) groups excluding carboxylic acids is 1. The first-order valence-electron chi connectivity index (χ1n) is 4.80. The summed E-state index contributed by atoms with van der Waals surface area (Å²) in [7, 11) is 0. The van der Waals surface area contributed by atoms with Crippen LogP contribution in [0.2, 0.25) is 5.02 Å². The molecule has 7 heteroatoms. The molecule has 92 valence electrons. The van der Waals surface area contributed by atoms with Gasteiger partial charge in [-0.3, -0.25) is 9.78 Å². The van der Waals surface area contributed by atoms with Gasteiger partial charge in [0, 0.05) is 12.4 Å².